The van der Waals surface area contributed by atoms with Gasteiger partial charge in [-0.05, 0) is 0 Å². The van der Waals surface area contributed by atoms with E-state index in [9.17, 15) is 4.79 Å². The van der Waals surface area contributed by atoms with E-state index in [1.807, 2.05) is 0 Å². The van der Waals surface area contributed by atoms with Crippen molar-refractivity contribution in [2.75, 3.05) is 11.6 Å². The second kappa shape index (κ2) is 1.97. The Morgan fingerprint density at radius 2 is 2.33 bits per heavy atom. The third-order valence-corrected chi connectivity index (χ3v) is 1.52. The minimum Gasteiger partial charge on any atom is -0.368 e. The summed E-state index contributed by atoms with van der Waals surface area (Å²) in [6, 6.07) is 0. The summed E-state index contributed by atoms with van der Waals surface area (Å²) in [7, 11) is 0. The fourth-order valence-corrected chi connectivity index (χ4v) is 0.916. The van der Waals surface area contributed by atoms with Crippen molar-refractivity contribution in [3.05, 3.63) is 16.7 Å². The molecule has 0 atom stereocenters. The van der Waals surface area contributed by atoms with Gasteiger partial charge in [-0.15, -0.1) is 0 Å². The monoisotopic (exact) mass is 166 g/mol. The van der Waals surface area contributed by atoms with Crippen LogP contribution in [0.15, 0.2) is 11.1 Å². The molecule has 7 nitrogen and oxygen atoms in total. The molecule has 0 unspecified atom stereocenters. The normalized spacial score (nSPS) is 10.7. The van der Waals surface area contributed by atoms with Crippen molar-refractivity contribution in [1.29, 1.82) is 0 Å². The minimum absolute atomic E-state index is 0.0559. The van der Waals surface area contributed by atoms with Gasteiger partial charge in [0.25, 0.3) is 5.56 Å². The Morgan fingerprint density at radius 3 is 3.08 bits per heavy atom. The van der Waals surface area contributed by atoms with Gasteiger partial charge in [-0.1, -0.05) is 0 Å². The Morgan fingerprint density at radius 1 is 1.58 bits per heavy atom. The predicted molar refractivity (Wildman–Crippen MR) is 42.7 cm³/mol. The number of nitrogen functional groups attached to an aromatic ring is 2. The molecule has 0 amide bonds. The molecule has 12 heavy (non-hydrogen) atoms. The van der Waals surface area contributed by atoms with Crippen LogP contribution in [0.5, 0.6) is 0 Å². The van der Waals surface area contributed by atoms with E-state index in [2.05, 4.69) is 15.0 Å². The predicted octanol–water partition coefficient (Wildman–Crippen LogP) is -1.58. The van der Waals surface area contributed by atoms with Crippen LogP contribution in [-0.4, -0.2) is 19.6 Å². The van der Waals surface area contributed by atoms with Gasteiger partial charge in [0, 0.05) is 0 Å². The van der Waals surface area contributed by atoms with Crippen molar-refractivity contribution in [3.63, 3.8) is 0 Å². The topological polar surface area (TPSA) is 116 Å². The number of fused-ring (bicyclic) bond motifs is 1. The van der Waals surface area contributed by atoms with Gasteiger partial charge in [0.05, 0.1) is 6.33 Å². The lowest BCUT2D eigenvalue weighted by Crippen LogP contribution is -2.30. The standard InChI is InChI=1S/C5H6N6O/c6-5-10-3-2(8-1-9-3)4(12)11(5)7/h1H,7H2,(H2,6,10)(H,8,9). The Hall–Kier alpha value is -2.05. The number of hydrogen-bond donors (Lipinski definition) is 3. The highest BCUT2D eigenvalue weighted by molar-refractivity contribution is 5.69. The highest BCUT2D eigenvalue weighted by Crippen LogP contribution is 2.00. The first-order valence-corrected chi connectivity index (χ1v) is 3.17. The van der Waals surface area contributed by atoms with Crippen LogP contribution in [0.4, 0.5) is 5.95 Å². The number of aromatic nitrogens is 4. The maximum Gasteiger partial charge on any atom is 0.299 e. The molecular weight excluding hydrogens is 160 g/mol. The zero-order valence-electron chi connectivity index (χ0n) is 5.98. The molecule has 0 saturated heterocycles. The highest BCUT2D eigenvalue weighted by Gasteiger charge is 2.06. The number of aromatic amines is 1. The molecule has 2 rings (SSSR count). The first-order chi connectivity index (χ1) is 5.70. The molecule has 7 heteroatoms. The average molecular weight is 166 g/mol. The lowest BCUT2D eigenvalue weighted by atomic mass is 10.5. The van der Waals surface area contributed by atoms with E-state index in [1.54, 1.807) is 0 Å². The van der Waals surface area contributed by atoms with Gasteiger partial charge >= 0.3 is 0 Å². The van der Waals surface area contributed by atoms with Crippen LogP contribution in [0.2, 0.25) is 0 Å². The van der Waals surface area contributed by atoms with Crippen LogP contribution in [0.1, 0.15) is 0 Å². The summed E-state index contributed by atoms with van der Waals surface area (Å²) in [5, 5.41) is 0. The molecule has 0 radical (unpaired) electrons. The van der Waals surface area contributed by atoms with E-state index < -0.39 is 5.56 Å². The van der Waals surface area contributed by atoms with Crippen molar-refractivity contribution in [2.24, 2.45) is 0 Å². The Labute approximate surface area is 66.0 Å². The largest absolute Gasteiger partial charge is 0.368 e. The van der Waals surface area contributed by atoms with Gasteiger partial charge in [0.15, 0.2) is 11.2 Å². The number of nitrogens with two attached hydrogens (primary N) is 2. The lowest BCUT2D eigenvalue weighted by Gasteiger charge is -1.99. The molecule has 2 aromatic rings. The molecule has 0 saturated carbocycles. The molecule has 2 aromatic heterocycles. The van der Waals surface area contributed by atoms with Crippen molar-refractivity contribution in [1.82, 2.24) is 19.6 Å². The molecule has 2 heterocycles. The van der Waals surface area contributed by atoms with Crippen LogP contribution in [0, 0.1) is 0 Å². The number of imidazole rings is 1. The smallest absolute Gasteiger partial charge is 0.299 e. The molecule has 0 bridgehead atoms. The molecule has 5 N–H and O–H groups in total. The third kappa shape index (κ3) is 0.669. The Kier molecular flexibility index (Phi) is 1.09. The van der Waals surface area contributed by atoms with E-state index in [4.69, 9.17) is 11.6 Å². The molecule has 0 aliphatic rings. The van der Waals surface area contributed by atoms with Gasteiger partial charge < -0.3 is 16.6 Å². The fraction of sp³-hybridized carbons (Fsp3) is 0. The summed E-state index contributed by atoms with van der Waals surface area (Å²) >= 11 is 0. The van der Waals surface area contributed by atoms with Gasteiger partial charge in [-0.25, -0.2) is 4.98 Å². The number of rotatable bonds is 0. The molecule has 0 aliphatic heterocycles. The minimum atomic E-state index is -0.435. The second-order valence-corrected chi connectivity index (χ2v) is 2.25. The van der Waals surface area contributed by atoms with Crippen molar-refractivity contribution >= 4 is 17.1 Å². The van der Waals surface area contributed by atoms with Crippen molar-refractivity contribution in [3.8, 4) is 0 Å². The summed E-state index contributed by atoms with van der Waals surface area (Å²) in [5.41, 5.74) is 5.42. The van der Waals surface area contributed by atoms with E-state index >= 15 is 0 Å². The number of anilines is 1. The van der Waals surface area contributed by atoms with E-state index in [1.165, 1.54) is 6.33 Å². The molecule has 0 fully saturated rings. The van der Waals surface area contributed by atoms with Crippen molar-refractivity contribution in [2.45, 2.75) is 0 Å². The van der Waals surface area contributed by atoms with Gasteiger partial charge in [0.2, 0.25) is 5.95 Å². The third-order valence-electron chi connectivity index (χ3n) is 1.52. The number of H-pyrrole nitrogens is 1. The lowest BCUT2D eigenvalue weighted by molar-refractivity contribution is 0.928. The number of nitrogens with zero attached hydrogens (tertiary/aromatic N) is 3. The second-order valence-electron chi connectivity index (χ2n) is 2.25. The Bertz CT molecular complexity index is 482. The first-order valence-electron chi connectivity index (χ1n) is 3.17. The summed E-state index contributed by atoms with van der Waals surface area (Å²) < 4.78 is 0.764. The zero-order chi connectivity index (χ0) is 8.72. The van der Waals surface area contributed by atoms with Crippen LogP contribution in [0.25, 0.3) is 11.2 Å². The number of hydrogen-bond acceptors (Lipinski definition) is 5. The van der Waals surface area contributed by atoms with Gasteiger partial charge in [-0.3, -0.25) is 4.79 Å². The first kappa shape index (κ1) is 6.65. The van der Waals surface area contributed by atoms with Crippen LogP contribution in [-0.2, 0) is 0 Å². The maximum absolute atomic E-state index is 11.3. The summed E-state index contributed by atoms with van der Waals surface area (Å²) in [5.74, 6) is 5.22. The SMILES string of the molecule is Nc1nc2nc[nH]c2c(=O)n1N. The fourth-order valence-electron chi connectivity index (χ4n) is 0.916. The average Bonchev–Trinajstić information content (AvgIpc) is 2.48. The molecule has 62 valence electrons. The van der Waals surface area contributed by atoms with E-state index in [0.29, 0.717) is 0 Å². The van der Waals surface area contributed by atoms with Gasteiger partial charge in [-0.2, -0.15) is 9.66 Å². The molecule has 0 aliphatic carbocycles. The summed E-state index contributed by atoms with van der Waals surface area (Å²) in [4.78, 5) is 21.4. The quantitative estimate of drug-likeness (QED) is 0.408. The van der Waals surface area contributed by atoms with E-state index in [0.717, 1.165) is 4.68 Å². The summed E-state index contributed by atoms with van der Waals surface area (Å²) in [6.07, 6.45) is 1.36. The zero-order valence-corrected chi connectivity index (χ0v) is 5.98. The number of nitrogens with one attached hydrogen (secondary N) is 1. The van der Waals surface area contributed by atoms with Gasteiger partial charge in [0.1, 0.15) is 0 Å². The van der Waals surface area contributed by atoms with Crippen molar-refractivity contribution < 1.29 is 0 Å². The highest BCUT2D eigenvalue weighted by atomic mass is 16.1. The van der Waals surface area contributed by atoms with E-state index in [-0.39, 0.29) is 17.1 Å². The Balaban J connectivity index is 3.05. The van der Waals surface area contributed by atoms with Crippen LogP contribution in [0.3, 0.4) is 0 Å². The molecule has 0 aromatic carbocycles. The maximum atomic E-state index is 11.3. The van der Waals surface area contributed by atoms with Crippen LogP contribution >= 0.6 is 0 Å². The van der Waals surface area contributed by atoms with Crippen LogP contribution < -0.4 is 17.1 Å². The molecule has 0 spiro atoms. The summed E-state index contributed by atoms with van der Waals surface area (Å²) in [6.45, 7) is 0. The molecular formula is C5H6N6O.